The van der Waals surface area contributed by atoms with Crippen LogP contribution in [0.4, 0.5) is 5.69 Å². The molecule has 6 heteroatoms. The normalized spacial score (nSPS) is 11.3. The van der Waals surface area contributed by atoms with Crippen molar-refractivity contribution in [2.24, 2.45) is 0 Å². The largest absolute Gasteiger partial charge is 0.493 e. The fourth-order valence-corrected chi connectivity index (χ4v) is 1.09. The molecule has 1 rings (SSSR count). The Kier molecular flexibility index (Phi) is 3.67. The summed E-state index contributed by atoms with van der Waals surface area (Å²) >= 11 is 0. The van der Waals surface area contributed by atoms with Gasteiger partial charge in [0, 0.05) is 6.07 Å². The average molecular weight is 222 g/mol. The van der Waals surface area contributed by atoms with Crippen molar-refractivity contribution in [3.8, 4) is 17.6 Å². The average Bonchev–Trinajstić information content (AvgIpc) is 2.28. The first-order chi connectivity index (χ1) is 7.58. The van der Waals surface area contributed by atoms with Crippen molar-refractivity contribution in [3.63, 3.8) is 0 Å². The molecule has 0 spiro atoms. The minimum absolute atomic E-state index is 0.110. The minimum atomic E-state index is -0.698. The van der Waals surface area contributed by atoms with Crippen LogP contribution in [0.25, 0.3) is 0 Å². The number of nitro groups is 1. The summed E-state index contributed by atoms with van der Waals surface area (Å²) in [5.41, 5.74) is -0.110. The zero-order chi connectivity index (χ0) is 12.1. The summed E-state index contributed by atoms with van der Waals surface area (Å²) in [5, 5.41) is 19.1. The maximum Gasteiger partial charge on any atom is 0.273 e. The third kappa shape index (κ3) is 2.60. The molecule has 0 aliphatic carbocycles. The van der Waals surface area contributed by atoms with Gasteiger partial charge < -0.3 is 9.47 Å². The Morgan fingerprint density at radius 2 is 2.19 bits per heavy atom. The highest BCUT2D eigenvalue weighted by molar-refractivity contribution is 5.48. The number of methoxy groups -OCH3 is 1. The molecule has 0 heterocycles. The van der Waals surface area contributed by atoms with E-state index < -0.39 is 11.0 Å². The van der Waals surface area contributed by atoms with E-state index in [2.05, 4.69) is 0 Å². The van der Waals surface area contributed by atoms with Crippen LogP contribution in [0.2, 0.25) is 0 Å². The van der Waals surface area contributed by atoms with Crippen molar-refractivity contribution < 1.29 is 14.4 Å². The van der Waals surface area contributed by atoms with Gasteiger partial charge in [-0.2, -0.15) is 5.26 Å². The van der Waals surface area contributed by atoms with E-state index in [1.807, 2.05) is 6.07 Å². The molecule has 0 saturated heterocycles. The van der Waals surface area contributed by atoms with Crippen LogP contribution in [-0.4, -0.2) is 18.1 Å². The van der Waals surface area contributed by atoms with Crippen molar-refractivity contribution in [1.29, 1.82) is 5.26 Å². The van der Waals surface area contributed by atoms with Gasteiger partial charge in [-0.1, -0.05) is 0 Å². The lowest BCUT2D eigenvalue weighted by Gasteiger charge is -2.11. The number of rotatable bonds is 4. The van der Waals surface area contributed by atoms with Crippen LogP contribution in [-0.2, 0) is 0 Å². The number of ether oxygens (including phenoxy) is 2. The Morgan fingerprint density at radius 3 is 2.69 bits per heavy atom. The topological polar surface area (TPSA) is 85.4 Å². The molecule has 0 saturated carbocycles. The highest BCUT2D eigenvalue weighted by Gasteiger charge is 2.14. The van der Waals surface area contributed by atoms with Gasteiger partial charge >= 0.3 is 0 Å². The predicted octanol–water partition coefficient (Wildman–Crippen LogP) is 1.89. The summed E-state index contributed by atoms with van der Waals surface area (Å²) in [4.78, 5) is 10.0. The molecule has 84 valence electrons. The van der Waals surface area contributed by atoms with Gasteiger partial charge in [0.15, 0.2) is 17.6 Å². The molecule has 0 radical (unpaired) electrons. The lowest BCUT2D eigenvalue weighted by atomic mass is 10.3. The van der Waals surface area contributed by atoms with Crippen LogP contribution in [0.1, 0.15) is 6.92 Å². The van der Waals surface area contributed by atoms with Gasteiger partial charge in [-0.25, -0.2) is 0 Å². The third-order valence-corrected chi connectivity index (χ3v) is 1.84. The van der Waals surface area contributed by atoms with E-state index in [1.54, 1.807) is 0 Å². The smallest absolute Gasteiger partial charge is 0.273 e. The van der Waals surface area contributed by atoms with Crippen LogP contribution in [0.3, 0.4) is 0 Å². The summed E-state index contributed by atoms with van der Waals surface area (Å²) in [6.45, 7) is 1.54. The number of nitriles is 1. The molecular formula is C10H10N2O4. The Hall–Kier alpha value is -2.29. The van der Waals surface area contributed by atoms with Crippen LogP contribution >= 0.6 is 0 Å². The van der Waals surface area contributed by atoms with Crippen LogP contribution < -0.4 is 9.47 Å². The van der Waals surface area contributed by atoms with Gasteiger partial charge in [-0.05, 0) is 13.0 Å². The first-order valence-corrected chi connectivity index (χ1v) is 4.47. The molecule has 6 nitrogen and oxygen atoms in total. The summed E-state index contributed by atoms with van der Waals surface area (Å²) < 4.78 is 10.2. The molecule has 0 aliphatic heterocycles. The summed E-state index contributed by atoms with van der Waals surface area (Å²) in [6.07, 6.45) is -0.698. The number of hydrogen-bond donors (Lipinski definition) is 0. The lowest BCUT2D eigenvalue weighted by molar-refractivity contribution is -0.385. The summed E-state index contributed by atoms with van der Waals surface area (Å²) in [5.74, 6) is 0.540. The number of nitro benzene ring substituents is 1. The molecule has 1 unspecified atom stereocenters. The maximum atomic E-state index is 10.6. The van der Waals surface area contributed by atoms with Crippen molar-refractivity contribution in [3.05, 3.63) is 28.3 Å². The molecule has 0 aromatic heterocycles. The lowest BCUT2D eigenvalue weighted by Crippen LogP contribution is -2.09. The van der Waals surface area contributed by atoms with E-state index in [1.165, 1.54) is 32.2 Å². The highest BCUT2D eigenvalue weighted by atomic mass is 16.6. The molecule has 1 aromatic carbocycles. The molecule has 0 amide bonds. The van der Waals surface area contributed by atoms with E-state index in [9.17, 15) is 10.1 Å². The molecule has 16 heavy (non-hydrogen) atoms. The second-order valence-electron chi connectivity index (χ2n) is 2.98. The van der Waals surface area contributed by atoms with E-state index >= 15 is 0 Å². The molecule has 0 N–H and O–H groups in total. The second-order valence-corrected chi connectivity index (χ2v) is 2.98. The summed E-state index contributed by atoms with van der Waals surface area (Å²) in [6, 6.07) is 5.83. The van der Waals surface area contributed by atoms with Gasteiger partial charge in [-0.3, -0.25) is 10.1 Å². The fraction of sp³-hybridized carbons (Fsp3) is 0.300. The Balaban J connectivity index is 3.08. The van der Waals surface area contributed by atoms with Crippen molar-refractivity contribution >= 4 is 5.69 Å². The van der Waals surface area contributed by atoms with Gasteiger partial charge in [0.25, 0.3) is 5.69 Å². The first kappa shape index (κ1) is 11.8. The molecule has 0 fully saturated rings. The Labute approximate surface area is 92.2 Å². The van der Waals surface area contributed by atoms with Crippen molar-refractivity contribution in [1.82, 2.24) is 0 Å². The number of benzene rings is 1. The van der Waals surface area contributed by atoms with Crippen LogP contribution in [0.15, 0.2) is 18.2 Å². The zero-order valence-corrected chi connectivity index (χ0v) is 8.84. The van der Waals surface area contributed by atoms with Crippen molar-refractivity contribution in [2.75, 3.05) is 7.11 Å². The standard InChI is InChI=1S/C10H10N2O4/c1-7(6-11)16-10-5-8(12(13)14)3-4-9(10)15-2/h3-5,7H,1-2H3. The monoisotopic (exact) mass is 222 g/mol. The molecule has 0 aliphatic rings. The van der Waals surface area contributed by atoms with Gasteiger partial charge in [0.05, 0.1) is 18.1 Å². The Morgan fingerprint density at radius 1 is 1.50 bits per heavy atom. The van der Waals surface area contributed by atoms with Gasteiger partial charge in [-0.15, -0.1) is 0 Å². The zero-order valence-electron chi connectivity index (χ0n) is 8.84. The minimum Gasteiger partial charge on any atom is -0.493 e. The first-order valence-electron chi connectivity index (χ1n) is 4.47. The number of hydrogen-bond acceptors (Lipinski definition) is 5. The highest BCUT2D eigenvalue weighted by Crippen LogP contribution is 2.31. The van der Waals surface area contributed by atoms with E-state index in [4.69, 9.17) is 14.7 Å². The quantitative estimate of drug-likeness (QED) is 0.573. The van der Waals surface area contributed by atoms with Crippen LogP contribution in [0, 0.1) is 21.4 Å². The van der Waals surface area contributed by atoms with Gasteiger partial charge in [0.1, 0.15) is 6.07 Å². The molecular weight excluding hydrogens is 212 g/mol. The number of nitrogens with zero attached hydrogens (tertiary/aromatic N) is 2. The van der Waals surface area contributed by atoms with E-state index in [0.29, 0.717) is 5.75 Å². The predicted molar refractivity (Wildman–Crippen MR) is 55.4 cm³/mol. The number of non-ortho nitro benzene ring substituents is 1. The molecule has 1 aromatic rings. The third-order valence-electron chi connectivity index (χ3n) is 1.84. The maximum absolute atomic E-state index is 10.6. The van der Waals surface area contributed by atoms with Crippen molar-refractivity contribution in [2.45, 2.75) is 13.0 Å². The summed E-state index contributed by atoms with van der Waals surface area (Å²) in [7, 11) is 1.42. The molecule has 0 bridgehead atoms. The van der Waals surface area contributed by atoms with E-state index in [0.717, 1.165) is 0 Å². The Bertz CT molecular complexity index is 439. The SMILES string of the molecule is COc1ccc([N+](=O)[O-])cc1OC(C)C#N. The van der Waals surface area contributed by atoms with E-state index in [-0.39, 0.29) is 11.4 Å². The molecule has 1 atom stereocenters. The van der Waals surface area contributed by atoms with Crippen LogP contribution in [0.5, 0.6) is 11.5 Å². The fourth-order valence-electron chi connectivity index (χ4n) is 1.09. The van der Waals surface area contributed by atoms with Gasteiger partial charge in [0.2, 0.25) is 0 Å². The second kappa shape index (κ2) is 4.98.